The van der Waals surface area contributed by atoms with Gasteiger partial charge in [0.15, 0.2) is 6.61 Å². The summed E-state index contributed by atoms with van der Waals surface area (Å²) in [4.78, 5) is 23.1. The van der Waals surface area contributed by atoms with E-state index in [-0.39, 0.29) is 11.3 Å². The smallest absolute Gasteiger partial charge is 0.341 e. The molecule has 21 heavy (non-hydrogen) atoms. The summed E-state index contributed by atoms with van der Waals surface area (Å²) in [6, 6.07) is 6.91. The summed E-state index contributed by atoms with van der Waals surface area (Å²) in [7, 11) is 0. The Labute approximate surface area is 124 Å². The SMILES string of the molecule is CC1(C(=O)Nc2ccccc2OCC(=O)O)CCCCC1. The van der Waals surface area contributed by atoms with Crippen molar-refractivity contribution in [3.05, 3.63) is 24.3 Å². The molecule has 2 rings (SSSR count). The standard InChI is InChI=1S/C16H21NO4/c1-16(9-5-2-6-10-16)15(20)17-12-7-3-4-8-13(12)21-11-14(18)19/h3-4,7-8H,2,5-6,9-11H2,1H3,(H,17,20)(H,18,19). The minimum absolute atomic E-state index is 0.0198. The number of hydrogen-bond acceptors (Lipinski definition) is 3. The fraction of sp³-hybridized carbons (Fsp3) is 0.500. The Morgan fingerprint density at radius 1 is 1.24 bits per heavy atom. The lowest BCUT2D eigenvalue weighted by atomic mass is 9.75. The Bertz CT molecular complexity index is 521. The highest BCUT2D eigenvalue weighted by Gasteiger charge is 2.34. The zero-order chi connectivity index (χ0) is 15.3. The topological polar surface area (TPSA) is 75.6 Å². The van der Waals surface area contributed by atoms with Gasteiger partial charge in [0.05, 0.1) is 5.69 Å². The number of anilines is 1. The van der Waals surface area contributed by atoms with Gasteiger partial charge in [-0.3, -0.25) is 4.79 Å². The highest BCUT2D eigenvalue weighted by Crippen LogP contribution is 2.37. The molecular formula is C16H21NO4. The molecule has 0 atom stereocenters. The first-order chi connectivity index (χ1) is 10.0. The van der Waals surface area contributed by atoms with Crippen LogP contribution in [0.3, 0.4) is 0 Å². The Balaban J connectivity index is 2.08. The number of carbonyl (C=O) groups excluding carboxylic acids is 1. The van der Waals surface area contributed by atoms with Crippen LogP contribution < -0.4 is 10.1 Å². The summed E-state index contributed by atoms with van der Waals surface area (Å²) < 4.78 is 5.21. The zero-order valence-corrected chi connectivity index (χ0v) is 12.2. The summed E-state index contributed by atoms with van der Waals surface area (Å²) >= 11 is 0. The molecule has 1 aliphatic carbocycles. The molecule has 1 aromatic rings. The molecule has 1 fully saturated rings. The first kappa shape index (κ1) is 15.4. The van der Waals surface area contributed by atoms with Crippen molar-refractivity contribution >= 4 is 17.6 Å². The van der Waals surface area contributed by atoms with Crippen molar-refractivity contribution in [3.63, 3.8) is 0 Å². The van der Waals surface area contributed by atoms with Gasteiger partial charge in [0.25, 0.3) is 0 Å². The number of nitrogens with one attached hydrogen (secondary N) is 1. The maximum Gasteiger partial charge on any atom is 0.341 e. The molecule has 5 heteroatoms. The van der Waals surface area contributed by atoms with Crippen LogP contribution in [0.4, 0.5) is 5.69 Å². The van der Waals surface area contributed by atoms with Crippen LogP contribution in [-0.2, 0) is 9.59 Å². The molecule has 1 saturated carbocycles. The van der Waals surface area contributed by atoms with Crippen molar-refractivity contribution in [1.82, 2.24) is 0 Å². The fourth-order valence-electron chi connectivity index (χ4n) is 2.67. The number of ether oxygens (including phenoxy) is 1. The molecule has 0 unspecified atom stereocenters. The normalized spacial score (nSPS) is 17.0. The second kappa shape index (κ2) is 6.61. The predicted octanol–water partition coefficient (Wildman–Crippen LogP) is 3.06. The summed E-state index contributed by atoms with van der Waals surface area (Å²) in [5, 5.41) is 11.6. The van der Waals surface area contributed by atoms with Crippen LogP contribution in [0.25, 0.3) is 0 Å². The monoisotopic (exact) mass is 291 g/mol. The largest absolute Gasteiger partial charge is 0.480 e. The van der Waals surface area contributed by atoms with E-state index in [2.05, 4.69) is 5.32 Å². The van der Waals surface area contributed by atoms with Crippen molar-refractivity contribution < 1.29 is 19.4 Å². The van der Waals surface area contributed by atoms with E-state index in [1.54, 1.807) is 24.3 Å². The number of carboxylic acids is 1. The lowest BCUT2D eigenvalue weighted by Crippen LogP contribution is -2.35. The number of amides is 1. The van der Waals surface area contributed by atoms with Crippen LogP contribution in [0.5, 0.6) is 5.75 Å². The quantitative estimate of drug-likeness (QED) is 0.874. The van der Waals surface area contributed by atoms with Crippen molar-refractivity contribution in [2.24, 2.45) is 5.41 Å². The molecule has 1 aliphatic rings. The molecule has 0 heterocycles. The van der Waals surface area contributed by atoms with E-state index in [1.165, 1.54) is 6.42 Å². The van der Waals surface area contributed by atoms with Crippen molar-refractivity contribution in [1.29, 1.82) is 0 Å². The molecule has 5 nitrogen and oxygen atoms in total. The van der Waals surface area contributed by atoms with Gasteiger partial charge in [-0.1, -0.05) is 38.3 Å². The Morgan fingerprint density at radius 3 is 2.57 bits per heavy atom. The summed E-state index contributed by atoms with van der Waals surface area (Å²) in [6.45, 7) is 1.56. The fourth-order valence-corrected chi connectivity index (χ4v) is 2.67. The van der Waals surface area contributed by atoms with E-state index < -0.39 is 12.6 Å². The van der Waals surface area contributed by atoms with Gasteiger partial charge < -0.3 is 15.2 Å². The minimum atomic E-state index is -1.05. The van der Waals surface area contributed by atoms with Gasteiger partial charge >= 0.3 is 5.97 Å². The summed E-state index contributed by atoms with van der Waals surface area (Å²) in [5.74, 6) is -0.684. The van der Waals surface area contributed by atoms with Gasteiger partial charge in [0, 0.05) is 5.41 Å². The van der Waals surface area contributed by atoms with Crippen LogP contribution in [0.15, 0.2) is 24.3 Å². The number of aliphatic carboxylic acids is 1. The second-order valence-electron chi connectivity index (χ2n) is 5.75. The van der Waals surface area contributed by atoms with Crippen molar-refractivity contribution in [2.45, 2.75) is 39.0 Å². The number of hydrogen-bond donors (Lipinski definition) is 2. The van der Waals surface area contributed by atoms with Gasteiger partial charge in [0.1, 0.15) is 5.75 Å². The molecule has 2 N–H and O–H groups in total. The van der Waals surface area contributed by atoms with Crippen LogP contribution in [-0.4, -0.2) is 23.6 Å². The Morgan fingerprint density at radius 2 is 1.90 bits per heavy atom. The van der Waals surface area contributed by atoms with E-state index in [1.807, 2.05) is 6.92 Å². The molecular weight excluding hydrogens is 270 g/mol. The highest BCUT2D eigenvalue weighted by atomic mass is 16.5. The lowest BCUT2D eigenvalue weighted by Gasteiger charge is -2.32. The maximum absolute atomic E-state index is 12.5. The third kappa shape index (κ3) is 3.97. The van der Waals surface area contributed by atoms with E-state index in [9.17, 15) is 9.59 Å². The van der Waals surface area contributed by atoms with E-state index in [0.29, 0.717) is 11.4 Å². The van der Waals surface area contributed by atoms with Crippen LogP contribution in [0.2, 0.25) is 0 Å². The van der Waals surface area contributed by atoms with E-state index in [0.717, 1.165) is 25.7 Å². The van der Waals surface area contributed by atoms with Crippen LogP contribution >= 0.6 is 0 Å². The van der Waals surface area contributed by atoms with E-state index in [4.69, 9.17) is 9.84 Å². The molecule has 0 bridgehead atoms. The van der Waals surface area contributed by atoms with Crippen molar-refractivity contribution in [2.75, 3.05) is 11.9 Å². The van der Waals surface area contributed by atoms with Gasteiger partial charge in [0.2, 0.25) is 5.91 Å². The van der Waals surface area contributed by atoms with Gasteiger partial charge in [-0.25, -0.2) is 4.79 Å². The Kier molecular flexibility index (Phi) is 4.83. The van der Waals surface area contributed by atoms with Crippen molar-refractivity contribution in [3.8, 4) is 5.75 Å². The van der Waals surface area contributed by atoms with Gasteiger partial charge in [-0.05, 0) is 25.0 Å². The molecule has 0 spiro atoms. The Hall–Kier alpha value is -2.04. The number of benzene rings is 1. The number of para-hydroxylation sites is 2. The molecule has 1 amide bonds. The van der Waals surface area contributed by atoms with Crippen LogP contribution in [0, 0.1) is 5.41 Å². The molecule has 0 saturated heterocycles. The predicted molar refractivity (Wildman–Crippen MR) is 79.4 cm³/mol. The first-order valence-electron chi connectivity index (χ1n) is 7.26. The summed E-state index contributed by atoms with van der Waals surface area (Å²) in [5.41, 5.74) is 0.175. The number of rotatable bonds is 5. The lowest BCUT2D eigenvalue weighted by molar-refractivity contribution is -0.139. The van der Waals surface area contributed by atoms with E-state index >= 15 is 0 Å². The third-order valence-electron chi connectivity index (χ3n) is 3.99. The zero-order valence-electron chi connectivity index (χ0n) is 12.2. The second-order valence-corrected chi connectivity index (χ2v) is 5.75. The number of carboxylic acid groups (broad SMARTS) is 1. The molecule has 1 aromatic carbocycles. The highest BCUT2D eigenvalue weighted by molar-refractivity contribution is 5.96. The summed E-state index contributed by atoms with van der Waals surface area (Å²) in [6.07, 6.45) is 5.09. The average molecular weight is 291 g/mol. The maximum atomic E-state index is 12.5. The first-order valence-corrected chi connectivity index (χ1v) is 7.26. The molecule has 114 valence electrons. The molecule has 0 radical (unpaired) electrons. The minimum Gasteiger partial charge on any atom is -0.480 e. The van der Waals surface area contributed by atoms with Crippen LogP contribution in [0.1, 0.15) is 39.0 Å². The third-order valence-corrected chi connectivity index (χ3v) is 3.99. The molecule has 0 aromatic heterocycles. The van der Waals surface area contributed by atoms with Gasteiger partial charge in [-0.15, -0.1) is 0 Å². The van der Waals surface area contributed by atoms with Gasteiger partial charge in [-0.2, -0.15) is 0 Å². The molecule has 0 aliphatic heterocycles. The average Bonchev–Trinajstić information content (AvgIpc) is 2.47. The number of carbonyl (C=O) groups is 2.